The Labute approximate surface area is 308 Å². The molecule has 0 spiro atoms. The number of nitrogens with zero attached hydrogens (tertiary/aromatic N) is 3. The number of hydrogen-bond acceptors (Lipinski definition) is 4. The van der Waals surface area contributed by atoms with Crippen molar-refractivity contribution >= 4 is 31.5 Å². The lowest BCUT2D eigenvalue weighted by atomic mass is 9.93. The molecule has 4 heteroatoms. The van der Waals surface area contributed by atoms with Crippen molar-refractivity contribution in [2.45, 2.75) is 20.3 Å². The van der Waals surface area contributed by atoms with Crippen LogP contribution in [-0.4, -0.2) is 15.0 Å². The van der Waals surface area contributed by atoms with Gasteiger partial charge in [0.15, 0.2) is 17.5 Å². The van der Waals surface area contributed by atoms with Gasteiger partial charge in [0.05, 0.1) is 0 Å². The molecule has 9 rings (SSSR count). The molecule has 0 saturated heterocycles. The number of aromatic nitrogens is 3. The van der Waals surface area contributed by atoms with Crippen LogP contribution in [0.5, 0.6) is 0 Å². The van der Waals surface area contributed by atoms with E-state index in [2.05, 4.69) is 172 Å². The number of fused-ring (bicyclic) bond motifs is 3. The summed E-state index contributed by atoms with van der Waals surface area (Å²) in [5, 5.41) is 2.53. The van der Waals surface area contributed by atoms with Gasteiger partial charge in [-0.2, -0.15) is 0 Å². The third-order valence-electron chi connectivity index (χ3n) is 9.89. The van der Waals surface area contributed by atoms with Crippen molar-refractivity contribution in [1.29, 1.82) is 0 Å². The van der Waals surface area contributed by atoms with Gasteiger partial charge in [-0.25, -0.2) is 15.0 Å². The Hall–Kier alpha value is -6.23. The first kappa shape index (κ1) is 31.7. The number of thiophene rings is 1. The Morgan fingerprint density at radius 1 is 0.404 bits per heavy atom. The predicted molar refractivity (Wildman–Crippen MR) is 219 cm³/mol. The molecule has 0 radical (unpaired) electrons. The highest BCUT2D eigenvalue weighted by atomic mass is 32.1. The van der Waals surface area contributed by atoms with Gasteiger partial charge in [-0.05, 0) is 82.1 Å². The Kier molecular flexibility index (Phi) is 8.22. The van der Waals surface area contributed by atoms with Crippen LogP contribution in [0.2, 0.25) is 0 Å². The highest BCUT2D eigenvalue weighted by molar-refractivity contribution is 7.25. The summed E-state index contributed by atoms with van der Waals surface area (Å²) in [5.41, 5.74) is 12.6. The van der Waals surface area contributed by atoms with Gasteiger partial charge in [-0.15, -0.1) is 11.3 Å². The Bertz CT molecular complexity index is 2730. The zero-order chi connectivity index (χ0) is 35.0. The molecule has 3 nitrogen and oxygen atoms in total. The third kappa shape index (κ3) is 5.97. The fourth-order valence-electron chi connectivity index (χ4n) is 7.15. The van der Waals surface area contributed by atoms with Crippen LogP contribution in [0.1, 0.15) is 18.1 Å². The minimum absolute atomic E-state index is 0.650. The zero-order valence-electron chi connectivity index (χ0n) is 29.0. The van der Waals surface area contributed by atoms with E-state index in [1.54, 1.807) is 11.3 Å². The quantitative estimate of drug-likeness (QED) is 0.168. The van der Waals surface area contributed by atoms with E-state index in [1.807, 2.05) is 6.07 Å². The first-order valence-corrected chi connectivity index (χ1v) is 18.6. The van der Waals surface area contributed by atoms with E-state index in [4.69, 9.17) is 15.0 Å². The number of aryl methyl sites for hydroxylation is 2. The van der Waals surface area contributed by atoms with Crippen LogP contribution < -0.4 is 0 Å². The van der Waals surface area contributed by atoms with E-state index in [9.17, 15) is 0 Å². The van der Waals surface area contributed by atoms with Gasteiger partial charge in [0, 0.05) is 36.9 Å². The summed E-state index contributed by atoms with van der Waals surface area (Å²) in [6.45, 7) is 4.39. The summed E-state index contributed by atoms with van der Waals surface area (Å²) < 4.78 is 2.50. The van der Waals surface area contributed by atoms with Crippen molar-refractivity contribution in [2.24, 2.45) is 0 Å². The molecule has 0 atom stereocenters. The largest absolute Gasteiger partial charge is 0.208 e. The van der Waals surface area contributed by atoms with Crippen LogP contribution in [0.25, 0.3) is 87.7 Å². The van der Waals surface area contributed by atoms with Crippen LogP contribution in [0.4, 0.5) is 0 Å². The first-order chi connectivity index (χ1) is 25.6. The molecule has 2 aromatic heterocycles. The van der Waals surface area contributed by atoms with Crippen molar-refractivity contribution in [2.75, 3.05) is 0 Å². The summed E-state index contributed by atoms with van der Waals surface area (Å²) in [5.74, 6) is 1.97. The molecular weight excluding hydrogens is 651 g/mol. The maximum Gasteiger partial charge on any atom is 0.164 e. The van der Waals surface area contributed by atoms with Crippen molar-refractivity contribution in [3.63, 3.8) is 0 Å². The van der Waals surface area contributed by atoms with Gasteiger partial charge in [0.1, 0.15) is 0 Å². The predicted octanol–water partition coefficient (Wildman–Crippen LogP) is 13.1. The van der Waals surface area contributed by atoms with E-state index in [1.165, 1.54) is 53.6 Å². The van der Waals surface area contributed by atoms with Gasteiger partial charge < -0.3 is 0 Å². The summed E-state index contributed by atoms with van der Waals surface area (Å²) >= 11 is 1.80. The van der Waals surface area contributed by atoms with Crippen molar-refractivity contribution in [1.82, 2.24) is 15.0 Å². The molecule has 0 fully saturated rings. The normalized spacial score (nSPS) is 11.3. The van der Waals surface area contributed by atoms with Gasteiger partial charge >= 0.3 is 0 Å². The summed E-state index contributed by atoms with van der Waals surface area (Å²) in [7, 11) is 0. The van der Waals surface area contributed by atoms with Gasteiger partial charge in [0.25, 0.3) is 0 Å². The maximum atomic E-state index is 5.14. The second-order valence-electron chi connectivity index (χ2n) is 13.2. The molecule has 0 N–H and O–H groups in total. The molecule has 7 aromatic carbocycles. The zero-order valence-corrected chi connectivity index (χ0v) is 29.9. The van der Waals surface area contributed by atoms with Crippen molar-refractivity contribution in [3.8, 4) is 67.5 Å². The Morgan fingerprint density at radius 2 is 0.942 bits per heavy atom. The first-order valence-electron chi connectivity index (χ1n) is 17.7. The van der Waals surface area contributed by atoms with Crippen LogP contribution in [0.15, 0.2) is 164 Å². The van der Waals surface area contributed by atoms with E-state index >= 15 is 0 Å². The molecular formula is C48H35N3S. The summed E-state index contributed by atoms with van der Waals surface area (Å²) in [6, 6.07) is 58.1. The summed E-state index contributed by atoms with van der Waals surface area (Å²) in [4.78, 5) is 15.4. The molecule has 0 aliphatic carbocycles. The molecule has 2 heterocycles. The van der Waals surface area contributed by atoms with E-state index in [-0.39, 0.29) is 0 Å². The second-order valence-corrected chi connectivity index (χ2v) is 14.3. The summed E-state index contributed by atoms with van der Waals surface area (Å²) in [6.07, 6.45) is 0.984. The highest BCUT2D eigenvalue weighted by Gasteiger charge is 2.16. The topological polar surface area (TPSA) is 38.7 Å². The monoisotopic (exact) mass is 685 g/mol. The van der Waals surface area contributed by atoms with Gasteiger partial charge in [-0.3, -0.25) is 0 Å². The van der Waals surface area contributed by atoms with E-state index in [0.29, 0.717) is 17.5 Å². The van der Waals surface area contributed by atoms with E-state index < -0.39 is 0 Å². The second kappa shape index (κ2) is 13.5. The van der Waals surface area contributed by atoms with Gasteiger partial charge in [-0.1, -0.05) is 146 Å². The molecule has 9 aromatic rings. The number of hydrogen-bond donors (Lipinski definition) is 0. The molecule has 0 aliphatic rings. The fraction of sp³-hybridized carbons (Fsp3) is 0.0625. The van der Waals surface area contributed by atoms with Crippen LogP contribution in [0, 0.1) is 6.92 Å². The lowest BCUT2D eigenvalue weighted by molar-refractivity contribution is 1.07. The van der Waals surface area contributed by atoms with Crippen LogP contribution in [-0.2, 0) is 6.42 Å². The standard InChI is InChI=1S/C48H35N3S/c1-3-32-12-7-8-17-41(32)40-26-24-38(28-31(40)2)47-49-46(50-48(51-47)39-25-27-43-42-18-9-10-19-44(42)52-45(43)30-39)37-16-11-15-36(29-37)35-22-20-34(21-23-35)33-13-5-4-6-14-33/h4-30H,3H2,1-2H3. The molecule has 52 heavy (non-hydrogen) atoms. The fourth-order valence-corrected chi connectivity index (χ4v) is 8.29. The third-order valence-corrected chi connectivity index (χ3v) is 11.0. The molecule has 248 valence electrons. The lowest BCUT2D eigenvalue weighted by Crippen LogP contribution is -2.01. The molecule has 0 saturated carbocycles. The Balaban J connectivity index is 1.15. The molecule has 0 aliphatic heterocycles. The molecule has 0 unspecified atom stereocenters. The van der Waals surface area contributed by atoms with Crippen LogP contribution in [0.3, 0.4) is 0 Å². The Morgan fingerprint density at radius 3 is 1.69 bits per heavy atom. The van der Waals surface area contributed by atoms with Crippen LogP contribution >= 0.6 is 11.3 Å². The minimum Gasteiger partial charge on any atom is -0.208 e. The molecule has 0 amide bonds. The average molecular weight is 686 g/mol. The average Bonchev–Trinajstić information content (AvgIpc) is 3.59. The number of benzene rings is 7. The minimum atomic E-state index is 0.650. The molecule has 0 bridgehead atoms. The SMILES string of the molecule is CCc1ccccc1-c1ccc(-c2nc(-c3cccc(-c4ccc(-c5ccccc5)cc4)c3)nc(-c3ccc4c(c3)sc3ccccc34)n2)cc1C. The van der Waals surface area contributed by atoms with Crippen molar-refractivity contribution in [3.05, 3.63) is 175 Å². The van der Waals surface area contributed by atoms with Crippen molar-refractivity contribution < 1.29 is 0 Å². The lowest BCUT2D eigenvalue weighted by Gasteiger charge is -2.13. The smallest absolute Gasteiger partial charge is 0.164 e. The number of rotatable bonds is 7. The van der Waals surface area contributed by atoms with E-state index in [0.717, 1.165) is 34.2 Å². The van der Waals surface area contributed by atoms with Gasteiger partial charge in [0.2, 0.25) is 0 Å². The highest BCUT2D eigenvalue weighted by Crippen LogP contribution is 2.37. The maximum absolute atomic E-state index is 5.14.